The second-order valence-electron chi connectivity index (χ2n) is 6.47. The van der Waals surface area contributed by atoms with Gasteiger partial charge in [-0.15, -0.1) is 0 Å². The highest BCUT2D eigenvalue weighted by atomic mass is 16.3. The highest BCUT2D eigenvalue weighted by Gasteiger charge is 2.31. The number of hydrogen-bond acceptors (Lipinski definition) is 3. The van der Waals surface area contributed by atoms with Gasteiger partial charge in [0.2, 0.25) is 5.91 Å². The molecule has 1 atom stereocenters. The topological polar surface area (TPSA) is 60.8 Å². The van der Waals surface area contributed by atoms with Crippen LogP contribution in [0.4, 0.5) is 0 Å². The van der Waals surface area contributed by atoms with Crippen LogP contribution in [0.15, 0.2) is 24.3 Å². The van der Waals surface area contributed by atoms with E-state index in [1.165, 1.54) is 0 Å². The molecular formula is C16H23NO3. The summed E-state index contributed by atoms with van der Waals surface area (Å²) in [5, 5.41) is 19.3. The molecule has 1 aliphatic rings. The summed E-state index contributed by atoms with van der Waals surface area (Å²) in [7, 11) is 0. The lowest BCUT2D eigenvalue weighted by Gasteiger charge is -2.29. The van der Waals surface area contributed by atoms with E-state index in [-0.39, 0.29) is 23.2 Å². The Balaban J connectivity index is 2.04. The Bertz CT molecular complexity index is 484. The van der Waals surface area contributed by atoms with Crippen LogP contribution in [0.3, 0.4) is 0 Å². The quantitative estimate of drug-likeness (QED) is 0.868. The van der Waals surface area contributed by atoms with Gasteiger partial charge in [0, 0.05) is 13.1 Å². The van der Waals surface area contributed by atoms with E-state index in [2.05, 4.69) is 13.8 Å². The third kappa shape index (κ3) is 3.97. The number of nitrogens with zero attached hydrogens (tertiary/aromatic N) is 1. The van der Waals surface area contributed by atoms with E-state index < -0.39 is 0 Å². The predicted octanol–water partition coefficient (Wildman–Crippen LogP) is 1.94. The van der Waals surface area contributed by atoms with Crippen molar-refractivity contribution in [3.05, 3.63) is 29.8 Å². The van der Waals surface area contributed by atoms with E-state index in [4.69, 9.17) is 0 Å². The summed E-state index contributed by atoms with van der Waals surface area (Å²) in [5.74, 6) is 0.236. The van der Waals surface area contributed by atoms with Crippen molar-refractivity contribution in [3.8, 4) is 5.75 Å². The van der Waals surface area contributed by atoms with Crippen LogP contribution in [0.5, 0.6) is 5.75 Å². The predicted molar refractivity (Wildman–Crippen MR) is 77.4 cm³/mol. The first-order chi connectivity index (χ1) is 9.35. The molecule has 1 amide bonds. The standard InChI is InChI=1S/C16H23NO3/c1-16(2)10-14(19)6-7-17(11-16)15(20)9-12-4-3-5-13(18)8-12/h3-5,8,14,18-19H,6-7,9-11H2,1-2H3/t14-/m1/s1. The Morgan fingerprint density at radius 3 is 2.90 bits per heavy atom. The first-order valence-electron chi connectivity index (χ1n) is 7.09. The van der Waals surface area contributed by atoms with Crippen molar-refractivity contribution >= 4 is 5.91 Å². The van der Waals surface area contributed by atoms with Gasteiger partial charge in [-0.05, 0) is 36.0 Å². The van der Waals surface area contributed by atoms with Crippen LogP contribution < -0.4 is 0 Å². The average molecular weight is 277 g/mol. The Hall–Kier alpha value is -1.55. The number of likely N-dealkylation sites (tertiary alicyclic amines) is 1. The Morgan fingerprint density at radius 2 is 2.20 bits per heavy atom. The van der Waals surface area contributed by atoms with E-state index in [9.17, 15) is 15.0 Å². The van der Waals surface area contributed by atoms with Crippen LogP contribution in [0.1, 0.15) is 32.3 Å². The number of aliphatic hydroxyl groups excluding tert-OH is 1. The molecule has 0 saturated carbocycles. The molecule has 0 radical (unpaired) electrons. The van der Waals surface area contributed by atoms with Crippen molar-refractivity contribution in [3.63, 3.8) is 0 Å². The molecule has 4 nitrogen and oxygen atoms in total. The molecule has 0 unspecified atom stereocenters. The molecule has 1 saturated heterocycles. The zero-order chi connectivity index (χ0) is 14.8. The van der Waals surface area contributed by atoms with E-state index in [1.807, 2.05) is 11.0 Å². The third-order valence-electron chi connectivity index (χ3n) is 3.76. The number of carbonyl (C=O) groups excluding carboxylic acids is 1. The van der Waals surface area contributed by atoms with Crippen LogP contribution in [0, 0.1) is 5.41 Å². The Morgan fingerprint density at radius 1 is 1.45 bits per heavy atom. The first kappa shape index (κ1) is 14.9. The highest BCUT2D eigenvalue weighted by Crippen LogP contribution is 2.28. The van der Waals surface area contributed by atoms with Crippen molar-refractivity contribution in [2.75, 3.05) is 13.1 Å². The zero-order valence-corrected chi connectivity index (χ0v) is 12.2. The number of phenols is 1. The maximum Gasteiger partial charge on any atom is 0.227 e. The minimum absolute atomic E-state index is 0.0535. The van der Waals surface area contributed by atoms with E-state index >= 15 is 0 Å². The number of benzene rings is 1. The summed E-state index contributed by atoms with van der Waals surface area (Å²) in [6.07, 6.45) is 1.32. The molecule has 2 N–H and O–H groups in total. The van der Waals surface area contributed by atoms with E-state index in [1.54, 1.807) is 18.2 Å². The molecule has 4 heteroatoms. The molecule has 1 aromatic rings. The van der Waals surface area contributed by atoms with Gasteiger partial charge in [-0.3, -0.25) is 4.79 Å². The van der Waals surface area contributed by atoms with Gasteiger partial charge in [0.25, 0.3) is 0 Å². The lowest BCUT2D eigenvalue weighted by molar-refractivity contribution is -0.131. The molecule has 1 aromatic carbocycles. The number of rotatable bonds is 2. The lowest BCUT2D eigenvalue weighted by atomic mass is 9.87. The fourth-order valence-corrected chi connectivity index (χ4v) is 2.87. The fourth-order valence-electron chi connectivity index (χ4n) is 2.87. The van der Waals surface area contributed by atoms with E-state index in [0.717, 1.165) is 12.0 Å². The minimum Gasteiger partial charge on any atom is -0.508 e. The highest BCUT2D eigenvalue weighted by molar-refractivity contribution is 5.79. The van der Waals surface area contributed by atoms with Crippen molar-refractivity contribution < 1.29 is 15.0 Å². The Kier molecular flexibility index (Phi) is 4.33. The number of carbonyl (C=O) groups is 1. The molecule has 20 heavy (non-hydrogen) atoms. The molecular weight excluding hydrogens is 254 g/mol. The normalized spacial score (nSPS) is 22.4. The van der Waals surface area contributed by atoms with Gasteiger partial charge in [0.15, 0.2) is 0 Å². The molecule has 1 aliphatic heterocycles. The second-order valence-corrected chi connectivity index (χ2v) is 6.47. The molecule has 0 bridgehead atoms. The summed E-state index contributed by atoms with van der Waals surface area (Å²) in [6, 6.07) is 6.80. The van der Waals surface area contributed by atoms with Crippen LogP contribution in [0.2, 0.25) is 0 Å². The maximum absolute atomic E-state index is 12.4. The zero-order valence-electron chi connectivity index (χ0n) is 12.2. The smallest absolute Gasteiger partial charge is 0.227 e. The summed E-state index contributed by atoms with van der Waals surface area (Å²) < 4.78 is 0. The third-order valence-corrected chi connectivity index (χ3v) is 3.76. The van der Waals surface area contributed by atoms with Crippen molar-refractivity contribution in [1.29, 1.82) is 0 Å². The minimum atomic E-state index is -0.330. The van der Waals surface area contributed by atoms with Crippen LogP contribution in [0.25, 0.3) is 0 Å². The molecule has 1 heterocycles. The van der Waals surface area contributed by atoms with Crippen molar-refractivity contribution in [2.45, 2.75) is 39.2 Å². The summed E-state index contributed by atoms with van der Waals surface area (Å²) in [5.41, 5.74) is 0.752. The largest absolute Gasteiger partial charge is 0.508 e. The summed E-state index contributed by atoms with van der Waals surface area (Å²) in [4.78, 5) is 14.2. The number of hydrogen-bond donors (Lipinski definition) is 2. The van der Waals surface area contributed by atoms with Gasteiger partial charge in [-0.1, -0.05) is 26.0 Å². The van der Waals surface area contributed by atoms with Crippen LogP contribution >= 0.6 is 0 Å². The monoisotopic (exact) mass is 277 g/mol. The summed E-state index contributed by atoms with van der Waals surface area (Å²) >= 11 is 0. The van der Waals surface area contributed by atoms with Gasteiger partial charge in [0.05, 0.1) is 12.5 Å². The van der Waals surface area contributed by atoms with Gasteiger partial charge in [0.1, 0.15) is 5.75 Å². The fraction of sp³-hybridized carbons (Fsp3) is 0.562. The number of aliphatic hydroxyl groups is 1. The van der Waals surface area contributed by atoms with Crippen LogP contribution in [-0.4, -0.2) is 40.2 Å². The Labute approximate surface area is 120 Å². The summed E-state index contributed by atoms with van der Waals surface area (Å²) in [6.45, 7) is 5.43. The number of aromatic hydroxyl groups is 1. The maximum atomic E-state index is 12.4. The first-order valence-corrected chi connectivity index (χ1v) is 7.09. The van der Waals surface area contributed by atoms with Gasteiger partial charge >= 0.3 is 0 Å². The molecule has 110 valence electrons. The van der Waals surface area contributed by atoms with Gasteiger partial charge in [-0.2, -0.15) is 0 Å². The average Bonchev–Trinajstić information content (AvgIpc) is 2.46. The van der Waals surface area contributed by atoms with Crippen molar-refractivity contribution in [2.24, 2.45) is 5.41 Å². The molecule has 2 rings (SSSR count). The van der Waals surface area contributed by atoms with E-state index in [0.29, 0.717) is 25.9 Å². The van der Waals surface area contributed by atoms with Crippen molar-refractivity contribution in [1.82, 2.24) is 4.90 Å². The molecule has 1 fully saturated rings. The van der Waals surface area contributed by atoms with Gasteiger partial charge in [-0.25, -0.2) is 0 Å². The van der Waals surface area contributed by atoms with Crippen LogP contribution in [-0.2, 0) is 11.2 Å². The second kappa shape index (κ2) is 5.83. The number of amides is 1. The van der Waals surface area contributed by atoms with Gasteiger partial charge < -0.3 is 15.1 Å². The SMILES string of the molecule is CC1(C)C[C@H](O)CCN(C(=O)Cc2cccc(O)c2)C1. The number of phenolic OH excluding ortho intramolecular Hbond substituents is 1. The lowest BCUT2D eigenvalue weighted by Crippen LogP contribution is -2.38. The molecule has 0 spiro atoms. The molecule has 0 aliphatic carbocycles. The molecule has 0 aromatic heterocycles.